The lowest BCUT2D eigenvalue weighted by atomic mass is 10.0. The molecule has 0 amide bonds. The summed E-state index contributed by atoms with van der Waals surface area (Å²) in [4.78, 5) is 2.63. The lowest BCUT2D eigenvalue weighted by Gasteiger charge is -2.36. The Hall–Kier alpha value is -0.0800. The quantitative estimate of drug-likeness (QED) is 0.759. The first kappa shape index (κ1) is 11.4. The minimum absolute atomic E-state index is 0.0443. The van der Waals surface area contributed by atoms with E-state index in [4.69, 9.17) is 0 Å². The zero-order chi connectivity index (χ0) is 10.7. The fourth-order valence-corrected chi connectivity index (χ4v) is 3.38. The fraction of sp³-hybridized carbons (Fsp3) is 1.00. The van der Waals surface area contributed by atoms with Crippen molar-refractivity contribution in [2.45, 2.75) is 76.5 Å². The number of likely N-dealkylation sites (tertiary alicyclic amines) is 1. The van der Waals surface area contributed by atoms with E-state index in [2.05, 4.69) is 11.8 Å². The zero-order valence-corrected chi connectivity index (χ0v) is 9.99. The number of hydrogen-bond acceptors (Lipinski definition) is 2. The molecular formula is C13H25NO. The van der Waals surface area contributed by atoms with Gasteiger partial charge in [0.15, 0.2) is 0 Å². The summed E-state index contributed by atoms with van der Waals surface area (Å²) in [5.74, 6) is 0. The van der Waals surface area contributed by atoms with E-state index < -0.39 is 0 Å². The van der Waals surface area contributed by atoms with Crippen LogP contribution < -0.4 is 0 Å². The Morgan fingerprint density at radius 3 is 2.60 bits per heavy atom. The maximum atomic E-state index is 10.0. The third-order valence-corrected chi connectivity index (χ3v) is 4.26. The van der Waals surface area contributed by atoms with E-state index >= 15 is 0 Å². The van der Waals surface area contributed by atoms with Crippen LogP contribution in [0.15, 0.2) is 0 Å². The van der Waals surface area contributed by atoms with Crippen LogP contribution in [0.25, 0.3) is 0 Å². The molecule has 0 aromatic rings. The Kier molecular flexibility index (Phi) is 4.04. The maximum Gasteiger partial charge on any atom is 0.0695 e. The molecule has 0 radical (unpaired) electrons. The molecule has 1 saturated heterocycles. The highest BCUT2D eigenvalue weighted by Gasteiger charge is 2.34. The number of rotatable bonds is 2. The summed E-state index contributed by atoms with van der Waals surface area (Å²) >= 11 is 0. The van der Waals surface area contributed by atoms with Gasteiger partial charge >= 0.3 is 0 Å². The molecule has 1 saturated carbocycles. The Labute approximate surface area is 93.7 Å². The molecule has 1 aliphatic heterocycles. The standard InChI is InChI=1S/C13H25NO/c1-2-11-7-4-3-5-10-14(11)12-8-6-9-13(12)15/h11-13,15H,2-10H2,1H3/t11?,12-,13-/m1/s1. The predicted molar refractivity (Wildman–Crippen MR) is 62.9 cm³/mol. The zero-order valence-electron chi connectivity index (χ0n) is 9.99. The van der Waals surface area contributed by atoms with E-state index in [1.807, 2.05) is 0 Å². The van der Waals surface area contributed by atoms with Crippen LogP contribution in [-0.4, -0.2) is 34.7 Å². The Balaban J connectivity index is 2.02. The van der Waals surface area contributed by atoms with Crippen molar-refractivity contribution in [1.82, 2.24) is 4.90 Å². The first-order valence-corrected chi connectivity index (χ1v) is 6.76. The average Bonchev–Trinajstić information content (AvgIpc) is 2.54. The van der Waals surface area contributed by atoms with Crippen LogP contribution >= 0.6 is 0 Å². The fourth-order valence-electron chi connectivity index (χ4n) is 3.38. The van der Waals surface area contributed by atoms with Gasteiger partial charge in [-0.3, -0.25) is 4.90 Å². The largest absolute Gasteiger partial charge is 0.391 e. The van der Waals surface area contributed by atoms with Gasteiger partial charge in [-0.05, 0) is 45.1 Å². The molecule has 3 atom stereocenters. The van der Waals surface area contributed by atoms with Crippen molar-refractivity contribution >= 4 is 0 Å². The molecule has 0 bridgehead atoms. The van der Waals surface area contributed by atoms with E-state index in [1.165, 1.54) is 51.5 Å². The van der Waals surface area contributed by atoms with Crippen LogP contribution in [0, 0.1) is 0 Å². The number of nitrogens with zero attached hydrogens (tertiary/aromatic N) is 1. The Bertz CT molecular complexity index is 195. The highest BCUT2D eigenvalue weighted by atomic mass is 16.3. The van der Waals surface area contributed by atoms with Crippen LogP contribution in [0.3, 0.4) is 0 Å². The second-order valence-corrected chi connectivity index (χ2v) is 5.21. The smallest absolute Gasteiger partial charge is 0.0695 e. The van der Waals surface area contributed by atoms with Crippen LogP contribution in [-0.2, 0) is 0 Å². The summed E-state index contributed by atoms with van der Waals surface area (Å²) in [6.45, 7) is 3.52. The van der Waals surface area contributed by atoms with Crippen LogP contribution in [0.1, 0.15) is 58.3 Å². The second kappa shape index (κ2) is 5.31. The second-order valence-electron chi connectivity index (χ2n) is 5.21. The molecule has 2 heteroatoms. The summed E-state index contributed by atoms with van der Waals surface area (Å²) in [6.07, 6.45) is 10.1. The van der Waals surface area contributed by atoms with E-state index in [9.17, 15) is 5.11 Å². The van der Waals surface area contributed by atoms with Gasteiger partial charge in [0.25, 0.3) is 0 Å². The van der Waals surface area contributed by atoms with Gasteiger partial charge in [-0.2, -0.15) is 0 Å². The average molecular weight is 211 g/mol. The van der Waals surface area contributed by atoms with E-state index in [0.29, 0.717) is 6.04 Å². The maximum absolute atomic E-state index is 10.0. The lowest BCUT2D eigenvalue weighted by Crippen LogP contribution is -2.46. The van der Waals surface area contributed by atoms with Gasteiger partial charge in [0.2, 0.25) is 0 Å². The molecule has 0 spiro atoms. The molecule has 1 N–H and O–H groups in total. The van der Waals surface area contributed by atoms with Gasteiger partial charge in [0.05, 0.1) is 6.10 Å². The molecule has 2 fully saturated rings. The number of hydrogen-bond donors (Lipinski definition) is 1. The summed E-state index contributed by atoms with van der Waals surface area (Å²) in [5, 5.41) is 10.0. The first-order chi connectivity index (χ1) is 7.33. The van der Waals surface area contributed by atoms with Crippen LogP contribution in [0.5, 0.6) is 0 Å². The molecule has 0 aromatic carbocycles. The van der Waals surface area contributed by atoms with Crippen molar-refractivity contribution in [3.8, 4) is 0 Å². The molecular weight excluding hydrogens is 186 g/mol. The van der Waals surface area contributed by atoms with E-state index in [-0.39, 0.29) is 6.10 Å². The highest BCUT2D eigenvalue weighted by molar-refractivity contribution is 4.89. The van der Waals surface area contributed by atoms with Crippen LogP contribution in [0.2, 0.25) is 0 Å². The molecule has 1 unspecified atom stereocenters. The molecule has 2 aliphatic rings. The minimum Gasteiger partial charge on any atom is -0.391 e. The topological polar surface area (TPSA) is 23.5 Å². The first-order valence-electron chi connectivity index (χ1n) is 6.76. The summed E-state index contributed by atoms with van der Waals surface area (Å²) in [7, 11) is 0. The third-order valence-electron chi connectivity index (χ3n) is 4.26. The predicted octanol–water partition coefficient (Wildman–Crippen LogP) is 2.55. The summed E-state index contributed by atoms with van der Waals surface area (Å²) in [6, 6.07) is 1.22. The molecule has 2 nitrogen and oxygen atoms in total. The SMILES string of the molecule is CCC1CCCCCN1[C@@H]1CCC[C@H]1O. The van der Waals surface area contributed by atoms with Crippen molar-refractivity contribution in [3.05, 3.63) is 0 Å². The highest BCUT2D eigenvalue weighted by Crippen LogP contribution is 2.30. The molecule has 15 heavy (non-hydrogen) atoms. The van der Waals surface area contributed by atoms with E-state index in [0.717, 1.165) is 12.5 Å². The molecule has 1 aliphatic carbocycles. The number of aliphatic hydroxyl groups excluding tert-OH is 1. The van der Waals surface area contributed by atoms with Gasteiger partial charge in [0, 0.05) is 12.1 Å². The van der Waals surface area contributed by atoms with Crippen molar-refractivity contribution in [2.75, 3.05) is 6.54 Å². The molecule has 0 aromatic heterocycles. The van der Waals surface area contributed by atoms with Crippen molar-refractivity contribution in [2.24, 2.45) is 0 Å². The Morgan fingerprint density at radius 2 is 1.93 bits per heavy atom. The van der Waals surface area contributed by atoms with E-state index in [1.54, 1.807) is 0 Å². The molecule has 1 heterocycles. The van der Waals surface area contributed by atoms with Gasteiger partial charge < -0.3 is 5.11 Å². The number of aliphatic hydroxyl groups is 1. The van der Waals surface area contributed by atoms with Crippen molar-refractivity contribution < 1.29 is 5.11 Å². The third kappa shape index (κ3) is 2.54. The van der Waals surface area contributed by atoms with Gasteiger partial charge in [-0.1, -0.05) is 19.8 Å². The summed E-state index contributed by atoms with van der Waals surface area (Å²) < 4.78 is 0. The molecule has 88 valence electrons. The van der Waals surface area contributed by atoms with Gasteiger partial charge in [-0.25, -0.2) is 0 Å². The minimum atomic E-state index is -0.0443. The van der Waals surface area contributed by atoms with Gasteiger partial charge in [0.1, 0.15) is 0 Å². The normalized spacial score (nSPS) is 39.2. The molecule has 2 rings (SSSR count). The van der Waals surface area contributed by atoms with Crippen LogP contribution in [0.4, 0.5) is 0 Å². The van der Waals surface area contributed by atoms with Gasteiger partial charge in [-0.15, -0.1) is 0 Å². The Morgan fingerprint density at radius 1 is 1.07 bits per heavy atom. The lowest BCUT2D eigenvalue weighted by molar-refractivity contribution is 0.0431. The van der Waals surface area contributed by atoms with Crippen molar-refractivity contribution in [3.63, 3.8) is 0 Å². The summed E-state index contributed by atoms with van der Waals surface area (Å²) in [5.41, 5.74) is 0. The monoisotopic (exact) mass is 211 g/mol. The van der Waals surface area contributed by atoms with Crippen molar-refractivity contribution in [1.29, 1.82) is 0 Å².